The number of hydrogen-bond acceptors (Lipinski definition) is 7. The van der Waals surface area contributed by atoms with Crippen molar-refractivity contribution >= 4 is 43.7 Å². The molecule has 0 aliphatic rings. The van der Waals surface area contributed by atoms with Crippen molar-refractivity contribution in [1.82, 2.24) is 10.3 Å². The van der Waals surface area contributed by atoms with Gasteiger partial charge < -0.3 is 18.9 Å². The van der Waals surface area contributed by atoms with E-state index in [1.807, 2.05) is 0 Å². The molecule has 0 atom stereocenters. The number of aromatic nitrogens is 1. The van der Waals surface area contributed by atoms with Gasteiger partial charge in [-0.2, -0.15) is 0 Å². The number of alkyl halides is 1. The zero-order chi connectivity index (χ0) is 32.7. The highest BCUT2D eigenvalue weighted by Crippen LogP contribution is 2.43. The van der Waals surface area contributed by atoms with Gasteiger partial charge in [-0.25, -0.2) is 26.6 Å². The van der Waals surface area contributed by atoms with Gasteiger partial charge in [0.1, 0.15) is 41.7 Å². The van der Waals surface area contributed by atoms with E-state index in [1.165, 1.54) is 56.6 Å². The van der Waals surface area contributed by atoms with Crippen LogP contribution in [0.25, 0.3) is 56.0 Å². The van der Waals surface area contributed by atoms with Crippen molar-refractivity contribution in [2.45, 2.75) is 0 Å². The van der Waals surface area contributed by atoms with Gasteiger partial charge in [-0.1, -0.05) is 12.1 Å². The average molecular weight is 650 g/mol. The topological polar surface area (TPSA) is 115 Å². The largest absolute Gasteiger partial charge is 0.490 e. The van der Waals surface area contributed by atoms with Crippen LogP contribution in [-0.4, -0.2) is 52.9 Å². The number of hydrogen-bond donors (Lipinski definition) is 1. The third-order valence-corrected chi connectivity index (χ3v) is 8.62. The van der Waals surface area contributed by atoms with E-state index >= 15 is 0 Å². The fourth-order valence-corrected chi connectivity index (χ4v) is 5.64. The number of carbonyl (C=O) groups is 1. The standard InChI is InChI=1S/C33H26F3N3O6S/c1-37-32(40)29-22-16-21(25(39(2)46(3,41)42)17-28(22)44-31(29)18-7-10-20(35)11-8-18)19-9-12-26(43-14-13-34)23(15-19)33-38-30-24(36)5-4-6-27(30)45-33/h4-12,15-17H,13-14H2,1-3H3,(H,37,40). The van der Waals surface area contributed by atoms with E-state index in [4.69, 9.17) is 13.6 Å². The summed E-state index contributed by atoms with van der Waals surface area (Å²) in [7, 11) is -0.989. The number of oxazole rings is 1. The van der Waals surface area contributed by atoms with E-state index in [0.717, 1.165) is 10.6 Å². The van der Waals surface area contributed by atoms with E-state index in [0.29, 0.717) is 22.1 Å². The minimum Gasteiger partial charge on any atom is -0.490 e. The number of rotatable bonds is 9. The summed E-state index contributed by atoms with van der Waals surface area (Å²) in [6.45, 7) is -1.05. The number of benzene rings is 4. The van der Waals surface area contributed by atoms with Crippen molar-refractivity contribution in [1.29, 1.82) is 0 Å². The van der Waals surface area contributed by atoms with Crippen LogP contribution >= 0.6 is 0 Å². The molecule has 0 saturated carbocycles. The maximum atomic E-state index is 14.5. The SMILES string of the molecule is CNC(=O)c1c(-c2ccc(F)cc2)oc2cc(N(C)S(C)(=O)=O)c(-c3ccc(OCCF)c(-c4nc5c(F)cccc5o4)c3)cc12. The molecule has 6 rings (SSSR count). The Labute approximate surface area is 261 Å². The fraction of sp³-hybridized carbons (Fsp3) is 0.152. The highest BCUT2D eigenvalue weighted by Gasteiger charge is 2.27. The highest BCUT2D eigenvalue weighted by molar-refractivity contribution is 7.92. The minimum absolute atomic E-state index is 0.0112. The van der Waals surface area contributed by atoms with Crippen LogP contribution in [0.5, 0.6) is 5.75 Å². The van der Waals surface area contributed by atoms with Gasteiger partial charge >= 0.3 is 0 Å². The molecule has 1 N–H and O–H groups in total. The van der Waals surface area contributed by atoms with Gasteiger partial charge in [0, 0.05) is 36.7 Å². The number of amides is 1. The lowest BCUT2D eigenvalue weighted by molar-refractivity contribution is 0.0964. The Bertz CT molecular complexity index is 2230. The quantitative estimate of drug-likeness (QED) is 0.180. The molecule has 6 aromatic rings. The summed E-state index contributed by atoms with van der Waals surface area (Å²) in [6, 6.07) is 17.5. The zero-order valence-electron chi connectivity index (χ0n) is 24.7. The molecule has 46 heavy (non-hydrogen) atoms. The van der Waals surface area contributed by atoms with Gasteiger partial charge in [0.25, 0.3) is 5.91 Å². The molecular formula is C33H26F3N3O6S. The molecule has 0 fully saturated rings. The third-order valence-electron chi connectivity index (χ3n) is 7.43. The van der Waals surface area contributed by atoms with Gasteiger partial charge in [0.2, 0.25) is 15.9 Å². The molecule has 0 saturated heterocycles. The van der Waals surface area contributed by atoms with Gasteiger partial charge in [0.15, 0.2) is 11.4 Å². The number of furan rings is 1. The summed E-state index contributed by atoms with van der Waals surface area (Å²) in [5.74, 6) is -1.22. The summed E-state index contributed by atoms with van der Waals surface area (Å²) >= 11 is 0. The molecule has 236 valence electrons. The van der Waals surface area contributed by atoms with Crippen molar-refractivity contribution in [2.75, 3.05) is 37.9 Å². The summed E-state index contributed by atoms with van der Waals surface area (Å²) in [4.78, 5) is 17.5. The Balaban J connectivity index is 1.63. The predicted molar refractivity (Wildman–Crippen MR) is 168 cm³/mol. The molecule has 0 radical (unpaired) electrons. The number of anilines is 1. The lowest BCUT2D eigenvalue weighted by Gasteiger charge is -2.21. The van der Waals surface area contributed by atoms with Gasteiger partial charge in [-0.05, 0) is 60.2 Å². The van der Waals surface area contributed by atoms with E-state index in [-0.39, 0.29) is 57.5 Å². The molecule has 0 aliphatic heterocycles. The van der Waals surface area contributed by atoms with Crippen molar-refractivity contribution in [2.24, 2.45) is 0 Å². The van der Waals surface area contributed by atoms with Gasteiger partial charge in [-0.3, -0.25) is 9.10 Å². The number of carbonyl (C=O) groups excluding carboxylic acids is 1. The summed E-state index contributed by atoms with van der Waals surface area (Å²) in [6.07, 6.45) is 1.04. The monoisotopic (exact) mass is 649 g/mol. The Morgan fingerprint density at radius 3 is 2.37 bits per heavy atom. The van der Waals surface area contributed by atoms with Crippen molar-refractivity contribution < 1.29 is 40.0 Å². The Hall–Kier alpha value is -5.30. The first-order valence-electron chi connectivity index (χ1n) is 13.9. The summed E-state index contributed by atoms with van der Waals surface area (Å²) in [5, 5.41) is 2.95. The fourth-order valence-electron chi connectivity index (χ4n) is 5.13. The number of ether oxygens (including phenoxy) is 1. The number of nitrogens with one attached hydrogen (secondary N) is 1. The lowest BCUT2D eigenvalue weighted by Crippen LogP contribution is -2.25. The van der Waals surface area contributed by atoms with Crippen LogP contribution < -0.4 is 14.4 Å². The molecule has 2 aromatic heterocycles. The van der Waals surface area contributed by atoms with E-state index < -0.39 is 34.2 Å². The van der Waals surface area contributed by atoms with Gasteiger partial charge in [-0.15, -0.1) is 0 Å². The maximum Gasteiger partial charge on any atom is 0.255 e. The molecule has 0 bridgehead atoms. The molecule has 4 aromatic carbocycles. The zero-order valence-corrected chi connectivity index (χ0v) is 25.5. The Kier molecular flexibility index (Phi) is 7.94. The second kappa shape index (κ2) is 11.9. The van der Waals surface area contributed by atoms with Crippen molar-refractivity contribution in [3.8, 4) is 39.7 Å². The number of halogens is 3. The number of fused-ring (bicyclic) bond motifs is 2. The third kappa shape index (κ3) is 5.53. The second-order valence-electron chi connectivity index (χ2n) is 10.3. The predicted octanol–water partition coefficient (Wildman–Crippen LogP) is 6.96. The molecule has 13 heteroatoms. The molecule has 1 amide bonds. The molecular weight excluding hydrogens is 623 g/mol. The van der Waals surface area contributed by atoms with Crippen LogP contribution in [-0.2, 0) is 10.0 Å². The first kappa shape index (κ1) is 30.7. The normalized spacial score (nSPS) is 11.7. The molecule has 2 heterocycles. The molecule has 0 unspecified atom stereocenters. The lowest BCUT2D eigenvalue weighted by atomic mass is 9.97. The van der Waals surface area contributed by atoms with E-state index in [9.17, 15) is 26.4 Å². The summed E-state index contributed by atoms with van der Waals surface area (Å²) in [5.41, 5.74) is 2.18. The Morgan fingerprint density at radius 2 is 1.70 bits per heavy atom. The van der Waals surface area contributed by atoms with Crippen LogP contribution in [0.15, 0.2) is 81.6 Å². The molecule has 9 nitrogen and oxygen atoms in total. The molecule has 0 aliphatic carbocycles. The van der Waals surface area contributed by atoms with Crippen LogP contribution in [0.2, 0.25) is 0 Å². The number of sulfonamides is 1. The smallest absolute Gasteiger partial charge is 0.255 e. The van der Waals surface area contributed by atoms with Crippen LogP contribution in [0.3, 0.4) is 0 Å². The van der Waals surface area contributed by atoms with Crippen molar-refractivity contribution in [3.63, 3.8) is 0 Å². The number of nitrogens with zero attached hydrogens (tertiary/aromatic N) is 2. The van der Waals surface area contributed by atoms with E-state index in [1.54, 1.807) is 30.3 Å². The first-order valence-corrected chi connectivity index (χ1v) is 15.8. The van der Waals surface area contributed by atoms with Crippen molar-refractivity contribution in [3.05, 3.63) is 90.0 Å². The Morgan fingerprint density at radius 1 is 0.957 bits per heavy atom. The first-order chi connectivity index (χ1) is 22.0. The molecule has 0 spiro atoms. The van der Waals surface area contributed by atoms with Gasteiger partial charge in [0.05, 0.1) is 23.1 Å². The van der Waals surface area contributed by atoms with Crippen LogP contribution in [0, 0.1) is 11.6 Å². The average Bonchev–Trinajstić information content (AvgIpc) is 3.65. The minimum atomic E-state index is -3.81. The summed E-state index contributed by atoms with van der Waals surface area (Å²) < 4.78 is 85.6. The van der Waals surface area contributed by atoms with E-state index in [2.05, 4.69) is 10.3 Å². The highest BCUT2D eigenvalue weighted by atomic mass is 32.2. The number of para-hydroxylation sites is 1. The van der Waals surface area contributed by atoms with Crippen LogP contribution in [0.1, 0.15) is 10.4 Å². The maximum absolute atomic E-state index is 14.5. The van der Waals surface area contributed by atoms with Crippen LogP contribution in [0.4, 0.5) is 18.9 Å². The second-order valence-corrected chi connectivity index (χ2v) is 12.4.